The Balaban J connectivity index is 3.70. The van der Waals surface area contributed by atoms with Gasteiger partial charge in [0.2, 0.25) is 5.91 Å². The Hall–Kier alpha value is -1.19. The highest BCUT2D eigenvalue weighted by atomic mass is 16.1. The van der Waals surface area contributed by atoms with Crippen LogP contribution in [-0.2, 0) is 14.4 Å². The lowest BCUT2D eigenvalue weighted by Crippen LogP contribution is -2.27. The second-order valence-corrected chi connectivity index (χ2v) is 8.08. The van der Waals surface area contributed by atoms with Gasteiger partial charge in [-0.1, -0.05) is 47.5 Å². The van der Waals surface area contributed by atoms with Crippen LogP contribution < -0.4 is 5.32 Å². The van der Waals surface area contributed by atoms with Crippen molar-refractivity contribution in [3.8, 4) is 0 Å². The topological polar surface area (TPSA) is 63.2 Å². The molecule has 0 saturated carbocycles. The molecule has 0 aromatic heterocycles. The highest BCUT2D eigenvalue weighted by Gasteiger charge is 2.28. The first kappa shape index (κ1) is 24.8. The number of hydrogen-bond acceptors (Lipinski definition) is 3. The molecule has 0 aliphatic rings. The van der Waals surface area contributed by atoms with Gasteiger partial charge in [-0.3, -0.25) is 14.4 Å². The van der Waals surface area contributed by atoms with E-state index in [1.165, 1.54) is 0 Å². The molecular formula is C22H41NO3. The van der Waals surface area contributed by atoms with Gasteiger partial charge >= 0.3 is 0 Å². The van der Waals surface area contributed by atoms with E-state index in [2.05, 4.69) is 26.1 Å². The molecule has 26 heavy (non-hydrogen) atoms. The van der Waals surface area contributed by atoms with E-state index in [0.717, 1.165) is 51.4 Å². The van der Waals surface area contributed by atoms with E-state index in [1.807, 2.05) is 13.8 Å². The number of rotatable bonds is 16. The fraction of sp³-hybridized carbons (Fsp3) is 0.864. The van der Waals surface area contributed by atoms with Crippen molar-refractivity contribution in [2.45, 2.75) is 105 Å². The predicted octanol–water partition coefficient (Wildman–Crippen LogP) is 5.23. The molecule has 1 unspecified atom stereocenters. The van der Waals surface area contributed by atoms with E-state index in [9.17, 15) is 14.4 Å². The largest absolute Gasteiger partial charge is 0.356 e. The summed E-state index contributed by atoms with van der Waals surface area (Å²) in [6.07, 6.45) is 9.03. The zero-order valence-electron chi connectivity index (χ0n) is 17.8. The maximum Gasteiger partial charge on any atom is 0.219 e. The maximum atomic E-state index is 12.4. The standard InChI is InChI=1S/C22H41NO3/c1-6-16-22(5,7-2)20(25)14-9-8-12-17-23-21(26)15-11-10-13-19(24)18(3)4/h18H,6-17H2,1-5H3,(H,23,26). The lowest BCUT2D eigenvalue weighted by molar-refractivity contribution is -0.128. The summed E-state index contributed by atoms with van der Waals surface area (Å²) < 4.78 is 0. The van der Waals surface area contributed by atoms with Crippen LogP contribution in [0.15, 0.2) is 0 Å². The second kappa shape index (κ2) is 13.9. The smallest absolute Gasteiger partial charge is 0.219 e. The molecule has 0 aliphatic heterocycles. The van der Waals surface area contributed by atoms with Crippen LogP contribution in [0.5, 0.6) is 0 Å². The molecular weight excluding hydrogens is 326 g/mol. The third-order valence-corrected chi connectivity index (χ3v) is 5.38. The van der Waals surface area contributed by atoms with Crippen molar-refractivity contribution in [3.05, 3.63) is 0 Å². The number of ketones is 2. The number of carbonyl (C=O) groups excluding carboxylic acids is 3. The molecule has 0 aliphatic carbocycles. The van der Waals surface area contributed by atoms with Crippen LogP contribution in [0.3, 0.4) is 0 Å². The molecule has 0 spiro atoms. The summed E-state index contributed by atoms with van der Waals surface area (Å²) in [5.74, 6) is 0.826. The Labute approximate surface area is 160 Å². The van der Waals surface area contributed by atoms with E-state index in [4.69, 9.17) is 0 Å². The average Bonchev–Trinajstić information content (AvgIpc) is 2.61. The van der Waals surface area contributed by atoms with Crippen molar-refractivity contribution in [3.63, 3.8) is 0 Å². The van der Waals surface area contributed by atoms with Crippen molar-refractivity contribution in [1.82, 2.24) is 5.32 Å². The monoisotopic (exact) mass is 367 g/mol. The molecule has 4 heteroatoms. The molecule has 1 atom stereocenters. The lowest BCUT2D eigenvalue weighted by atomic mass is 9.77. The molecule has 152 valence electrons. The zero-order valence-corrected chi connectivity index (χ0v) is 17.8. The van der Waals surface area contributed by atoms with Crippen molar-refractivity contribution < 1.29 is 14.4 Å². The van der Waals surface area contributed by atoms with E-state index >= 15 is 0 Å². The van der Waals surface area contributed by atoms with Crippen molar-refractivity contribution in [2.75, 3.05) is 6.54 Å². The van der Waals surface area contributed by atoms with Gasteiger partial charge in [-0.15, -0.1) is 0 Å². The molecule has 1 N–H and O–H groups in total. The molecule has 1 amide bonds. The van der Waals surface area contributed by atoms with Crippen LogP contribution in [0.25, 0.3) is 0 Å². The maximum absolute atomic E-state index is 12.4. The van der Waals surface area contributed by atoms with Gasteiger partial charge in [-0.25, -0.2) is 0 Å². The van der Waals surface area contributed by atoms with Gasteiger partial charge in [-0.2, -0.15) is 0 Å². The molecule has 0 aromatic carbocycles. The summed E-state index contributed by atoms with van der Waals surface area (Å²) in [7, 11) is 0. The van der Waals surface area contributed by atoms with E-state index < -0.39 is 0 Å². The van der Waals surface area contributed by atoms with Crippen LogP contribution in [0.4, 0.5) is 0 Å². The van der Waals surface area contributed by atoms with Crippen LogP contribution in [-0.4, -0.2) is 24.0 Å². The molecule has 0 rings (SSSR count). The molecule has 0 aromatic rings. The first-order chi connectivity index (χ1) is 12.3. The van der Waals surface area contributed by atoms with Gasteiger partial charge in [0.05, 0.1) is 0 Å². The molecule has 0 saturated heterocycles. The van der Waals surface area contributed by atoms with Gasteiger partial charge in [-0.05, 0) is 38.5 Å². The summed E-state index contributed by atoms with van der Waals surface area (Å²) in [6, 6.07) is 0. The number of hydrogen-bond donors (Lipinski definition) is 1. The Morgan fingerprint density at radius 2 is 1.50 bits per heavy atom. The Kier molecular flexibility index (Phi) is 13.3. The highest BCUT2D eigenvalue weighted by molar-refractivity contribution is 5.84. The molecule has 4 nitrogen and oxygen atoms in total. The van der Waals surface area contributed by atoms with E-state index in [-0.39, 0.29) is 23.0 Å². The molecule has 0 heterocycles. The van der Waals surface area contributed by atoms with Gasteiger partial charge in [0.15, 0.2) is 0 Å². The van der Waals surface area contributed by atoms with E-state index in [0.29, 0.717) is 31.6 Å². The SMILES string of the molecule is CCCC(C)(CC)C(=O)CCCCCNC(=O)CCCCC(=O)C(C)C. The first-order valence-corrected chi connectivity index (χ1v) is 10.6. The van der Waals surface area contributed by atoms with Crippen LogP contribution in [0.2, 0.25) is 0 Å². The molecule has 0 bridgehead atoms. The highest BCUT2D eigenvalue weighted by Crippen LogP contribution is 2.30. The Bertz CT molecular complexity index is 431. The summed E-state index contributed by atoms with van der Waals surface area (Å²) >= 11 is 0. The lowest BCUT2D eigenvalue weighted by Gasteiger charge is -2.26. The van der Waals surface area contributed by atoms with E-state index in [1.54, 1.807) is 0 Å². The van der Waals surface area contributed by atoms with Crippen molar-refractivity contribution in [1.29, 1.82) is 0 Å². The van der Waals surface area contributed by atoms with Crippen LogP contribution in [0.1, 0.15) is 105 Å². The predicted molar refractivity (Wildman–Crippen MR) is 108 cm³/mol. The Morgan fingerprint density at radius 3 is 2.08 bits per heavy atom. The fourth-order valence-corrected chi connectivity index (χ4v) is 3.14. The van der Waals surface area contributed by atoms with Gasteiger partial charge in [0, 0.05) is 37.1 Å². The number of Topliss-reactive ketones (excluding diaryl/α,β-unsaturated/α-hetero) is 2. The number of unbranched alkanes of at least 4 members (excludes halogenated alkanes) is 3. The van der Waals surface area contributed by atoms with Gasteiger partial charge in [0.25, 0.3) is 0 Å². The van der Waals surface area contributed by atoms with Crippen molar-refractivity contribution in [2.24, 2.45) is 11.3 Å². The molecule has 0 radical (unpaired) electrons. The Morgan fingerprint density at radius 1 is 0.885 bits per heavy atom. The van der Waals surface area contributed by atoms with Crippen LogP contribution >= 0.6 is 0 Å². The third kappa shape index (κ3) is 10.7. The third-order valence-electron chi connectivity index (χ3n) is 5.38. The second-order valence-electron chi connectivity index (χ2n) is 8.08. The average molecular weight is 368 g/mol. The van der Waals surface area contributed by atoms with Crippen molar-refractivity contribution >= 4 is 17.5 Å². The fourth-order valence-electron chi connectivity index (χ4n) is 3.14. The zero-order chi connectivity index (χ0) is 20.0. The van der Waals surface area contributed by atoms with Gasteiger partial charge in [0.1, 0.15) is 11.6 Å². The number of amides is 1. The van der Waals surface area contributed by atoms with Crippen LogP contribution in [0, 0.1) is 11.3 Å². The summed E-state index contributed by atoms with van der Waals surface area (Å²) in [6.45, 7) is 10.8. The summed E-state index contributed by atoms with van der Waals surface area (Å²) in [5, 5.41) is 2.93. The molecule has 0 fully saturated rings. The summed E-state index contributed by atoms with van der Waals surface area (Å²) in [5.41, 5.74) is -0.153. The van der Waals surface area contributed by atoms with Gasteiger partial charge < -0.3 is 5.32 Å². The minimum Gasteiger partial charge on any atom is -0.356 e. The number of carbonyl (C=O) groups is 3. The minimum atomic E-state index is -0.153. The first-order valence-electron chi connectivity index (χ1n) is 10.6. The number of nitrogens with one attached hydrogen (secondary N) is 1. The quantitative estimate of drug-likeness (QED) is 0.380. The normalized spacial score (nSPS) is 13.5. The summed E-state index contributed by atoms with van der Waals surface area (Å²) in [4.78, 5) is 35.6. The minimum absolute atomic E-state index is 0.0691.